The van der Waals surface area contributed by atoms with Crippen LogP contribution in [0.1, 0.15) is 18.9 Å². The minimum atomic E-state index is 0.0779. The van der Waals surface area contributed by atoms with E-state index in [1.807, 2.05) is 30.5 Å². The van der Waals surface area contributed by atoms with Gasteiger partial charge < -0.3 is 15.0 Å². The molecule has 2 atom stereocenters. The van der Waals surface area contributed by atoms with Crippen molar-refractivity contribution < 1.29 is 9.53 Å². The molecule has 1 aromatic heterocycles. The van der Waals surface area contributed by atoms with Gasteiger partial charge in [0.25, 0.3) is 0 Å². The first-order valence-corrected chi connectivity index (χ1v) is 7.16. The van der Waals surface area contributed by atoms with Crippen molar-refractivity contribution in [2.24, 2.45) is 5.92 Å². The van der Waals surface area contributed by atoms with Crippen molar-refractivity contribution in [2.75, 3.05) is 13.2 Å². The van der Waals surface area contributed by atoms with Crippen molar-refractivity contribution in [3.05, 3.63) is 36.0 Å². The average molecular weight is 272 g/mol. The molecule has 1 saturated heterocycles. The van der Waals surface area contributed by atoms with Crippen LogP contribution < -0.4 is 5.32 Å². The number of carbonyl (C=O) groups excluding carboxylic acids is 1. The van der Waals surface area contributed by atoms with Crippen LogP contribution in [0.5, 0.6) is 0 Å². The second kappa shape index (κ2) is 5.67. The number of aromatic nitrogens is 1. The highest BCUT2D eigenvalue weighted by Gasteiger charge is 2.23. The molecule has 2 aromatic rings. The van der Waals surface area contributed by atoms with Crippen molar-refractivity contribution in [3.63, 3.8) is 0 Å². The minimum absolute atomic E-state index is 0.0779. The zero-order chi connectivity index (χ0) is 13.9. The van der Waals surface area contributed by atoms with Gasteiger partial charge in [-0.25, -0.2) is 0 Å². The van der Waals surface area contributed by atoms with E-state index in [2.05, 4.69) is 17.2 Å². The van der Waals surface area contributed by atoms with E-state index in [0.717, 1.165) is 36.1 Å². The summed E-state index contributed by atoms with van der Waals surface area (Å²) in [4.78, 5) is 15.4. The number of ether oxygens (including phenoxy) is 1. The minimum Gasteiger partial charge on any atom is -0.381 e. The van der Waals surface area contributed by atoms with E-state index in [-0.39, 0.29) is 11.9 Å². The number of hydrogen-bond acceptors (Lipinski definition) is 2. The summed E-state index contributed by atoms with van der Waals surface area (Å²) in [5.74, 6) is 0.524. The van der Waals surface area contributed by atoms with Crippen molar-refractivity contribution in [1.29, 1.82) is 0 Å². The van der Waals surface area contributed by atoms with Crippen LogP contribution in [0.4, 0.5) is 0 Å². The molecular formula is C16H20N2O2. The molecule has 4 heteroatoms. The third kappa shape index (κ3) is 2.70. The molecule has 20 heavy (non-hydrogen) atoms. The van der Waals surface area contributed by atoms with Crippen LogP contribution in [0.3, 0.4) is 0 Å². The molecule has 0 radical (unpaired) electrons. The summed E-state index contributed by atoms with van der Waals surface area (Å²) in [7, 11) is 0. The van der Waals surface area contributed by atoms with Crippen LogP contribution in [0.25, 0.3) is 10.9 Å². The zero-order valence-electron chi connectivity index (χ0n) is 11.7. The lowest BCUT2D eigenvalue weighted by Gasteiger charge is -2.19. The SMILES string of the molecule is CC(NC(=O)Cc1c[nH]c2ccccc12)C1CCOC1. The van der Waals surface area contributed by atoms with Gasteiger partial charge in [-0.3, -0.25) is 4.79 Å². The fraction of sp³-hybridized carbons (Fsp3) is 0.438. The van der Waals surface area contributed by atoms with Crippen LogP contribution in [0.15, 0.2) is 30.5 Å². The fourth-order valence-corrected chi connectivity index (χ4v) is 2.82. The molecule has 2 unspecified atom stereocenters. The summed E-state index contributed by atoms with van der Waals surface area (Å²) in [6.07, 6.45) is 3.38. The van der Waals surface area contributed by atoms with Gasteiger partial charge in [-0.2, -0.15) is 0 Å². The average Bonchev–Trinajstić information content (AvgIpc) is 3.09. The number of fused-ring (bicyclic) bond motifs is 1. The van der Waals surface area contributed by atoms with Gasteiger partial charge in [0, 0.05) is 35.7 Å². The fourth-order valence-electron chi connectivity index (χ4n) is 2.82. The summed E-state index contributed by atoms with van der Waals surface area (Å²) in [5, 5.41) is 4.22. The Morgan fingerprint density at radius 2 is 2.35 bits per heavy atom. The quantitative estimate of drug-likeness (QED) is 0.897. The smallest absolute Gasteiger partial charge is 0.224 e. The number of benzene rings is 1. The summed E-state index contributed by atoms with van der Waals surface area (Å²) < 4.78 is 5.37. The van der Waals surface area contributed by atoms with E-state index in [1.165, 1.54) is 0 Å². The molecule has 0 aliphatic carbocycles. The number of H-pyrrole nitrogens is 1. The van der Waals surface area contributed by atoms with E-state index >= 15 is 0 Å². The summed E-state index contributed by atoms with van der Waals surface area (Å²) in [5.41, 5.74) is 2.13. The molecule has 1 aliphatic rings. The molecule has 2 heterocycles. The number of amides is 1. The van der Waals surface area contributed by atoms with Gasteiger partial charge in [-0.15, -0.1) is 0 Å². The Morgan fingerprint density at radius 1 is 1.50 bits per heavy atom. The molecule has 1 aromatic carbocycles. The van der Waals surface area contributed by atoms with E-state index in [9.17, 15) is 4.79 Å². The van der Waals surface area contributed by atoms with Crippen molar-refractivity contribution in [1.82, 2.24) is 10.3 Å². The number of para-hydroxylation sites is 1. The molecule has 106 valence electrons. The second-order valence-corrected chi connectivity index (χ2v) is 5.52. The zero-order valence-corrected chi connectivity index (χ0v) is 11.7. The maximum absolute atomic E-state index is 12.2. The number of carbonyl (C=O) groups is 1. The first-order chi connectivity index (χ1) is 9.74. The monoisotopic (exact) mass is 272 g/mol. The molecule has 2 N–H and O–H groups in total. The van der Waals surface area contributed by atoms with Crippen molar-refractivity contribution in [3.8, 4) is 0 Å². The van der Waals surface area contributed by atoms with Crippen molar-refractivity contribution >= 4 is 16.8 Å². The van der Waals surface area contributed by atoms with Gasteiger partial charge in [-0.1, -0.05) is 18.2 Å². The van der Waals surface area contributed by atoms with Gasteiger partial charge >= 0.3 is 0 Å². The van der Waals surface area contributed by atoms with Gasteiger partial charge in [-0.05, 0) is 25.0 Å². The molecule has 1 fully saturated rings. The lowest BCUT2D eigenvalue weighted by atomic mass is 10.0. The molecule has 3 rings (SSSR count). The number of hydrogen-bond donors (Lipinski definition) is 2. The summed E-state index contributed by atoms with van der Waals surface area (Å²) in [6, 6.07) is 8.23. The van der Waals surface area contributed by atoms with Crippen LogP contribution in [-0.4, -0.2) is 30.1 Å². The Labute approximate surface area is 118 Å². The second-order valence-electron chi connectivity index (χ2n) is 5.52. The molecule has 1 amide bonds. The number of rotatable bonds is 4. The molecule has 0 saturated carbocycles. The lowest BCUT2D eigenvalue weighted by molar-refractivity contribution is -0.121. The highest BCUT2D eigenvalue weighted by atomic mass is 16.5. The largest absolute Gasteiger partial charge is 0.381 e. The topological polar surface area (TPSA) is 54.1 Å². The van der Waals surface area contributed by atoms with Crippen LogP contribution in [0, 0.1) is 5.92 Å². The highest BCUT2D eigenvalue weighted by Crippen LogP contribution is 2.19. The van der Waals surface area contributed by atoms with E-state index in [0.29, 0.717) is 12.3 Å². The summed E-state index contributed by atoms with van der Waals surface area (Å²) in [6.45, 7) is 3.63. The molecular weight excluding hydrogens is 252 g/mol. The molecule has 4 nitrogen and oxygen atoms in total. The van der Waals surface area contributed by atoms with E-state index in [4.69, 9.17) is 4.74 Å². The molecule has 1 aliphatic heterocycles. The Hall–Kier alpha value is -1.81. The van der Waals surface area contributed by atoms with Crippen LogP contribution >= 0.6 is 0 Å². The summed E-state index contributed by atoms with van der Waals surface area (Å²) >= 11 is 0. The van der Waals surface area contributed by atoms with E-state index in [1.54, 1.807) is 0 Å². The maximum atomic E-state index is 12.2. The van der Waals surface area contributed by atoms with Crippen LogP contribution in [0.2, 0.25) is 0 Å². The first-order valence-electron chi connectivity index (χ1n) is 7.16. The van der Waals surface area contributed by atoms with Gasteiger partial charge in [0.05, 0.1) is 13.0 Å². The molecule has 0 spiro atoms. The third-order valence-corrected chi connectivity index (χ3v) is 4.09. The Morgan fingerprint density at radius 3 is 3.15 bits per heavy atom. The number of aromatic amines is 1. The Bertz CT molecular complexity index is 599. The predicted octanol–water partition coefficient (Wildman–Crippen LogP) is 2.25. The Kier molecular flexibility index (Phi) is 3.74. The van der Waals surface area contributed by atoms with Crippen LogP contribution in [-0.2, 0) is 16.0 Å². The normalized spacial score (nSPS) is 20.1. The van der Waals surface area contributed by atoms with Gasteiger partial charge in [0.15, 0.2) is 0 Å². The van der Waals surface area contributed by atoms with Gasteiger partial charge in [0.1, 0.15) is 0 Å². The van der Waals surface area contributed by atoms with Crippen molar-refractivity contribution in [2.45, 2.75) is 25.8 Å². The molecule has 0 bridgehead atoms. The Balaban J connectivity index is 1.63. The number of nitrogens with one attached hydrogen (secondary N) is 2. The first kappa shape index (κ1) is 13.2. The maximum Gasteiger partial charge on any atom is 0.224 e. The van der Waals surface area contributed by atoms with E-state index < -0.39 is 0 Å². The predicted molar refractivity (Wildman–Crippen MR) is 78.5 cm³/mol. The third-order valence-electron chi connectivity index (χ3n) is 4.09. The standard InChI is InChI=1S/C16H20N2O2/c1-11(12-6-7-20-10-12)18-16(19)8-13-9-17-15-5-3-2-4-14(13)15/h2-5,9,11-12,17H,6-8,10H2,1H3,(H,18,19). The van der Waals surface area contributed by atoms with Gasteiger partial charge in [0.2, 0.25) is 5.91 Å². The highest BCUT2D eigenvalue weighted by molar-refractivity contribution is 5.88. The lowest BCUT2D eigenvalue weighted by Crippen LogP contribution is -2.39.